The first-order chi connectivity index (χ1) is 14.6. The molecule has 0 aliphatic heterocycles. The minimum atomic E-state index is -3.94. The van der Waals surface area contributed by atoms with E-state index in [1.807, 2.05) is 71.0 Å². The van der Waals surface area contributed by atoms with Gasteiger partial charge in [0.15, 0.2) is 0 Å². The van der Waals surface area contributed by atoms with Crippen LogP contribution in [-0.2, 0) is 10.1 Å². The van der Waals surface area contributed by atoms with Crippen molar-refractivity contribution in [2.24, 2.45) is 0 Å². The lowest BCUT2D eigenvalue weighted by atomic mass is 9.93. The first-order valence-electron chi connectivity index (χ1n) is 10.3. The van der Waals surface area contributed by atoms with E-state index < -0.39 is 10.1 Å². The van der Waals surface area contributed by atoms with E-state index in [2.05, 4.69) is 27.9 Å². The second-order valence-corrected chi connectivity index (χ2v) is 11.1. The van der Waals surface area contributed by atoms with Crippen LogP contribution in [0.15, 0.2) is 65.6 Å². The van der Waals surface area contributed by atoms with Crippen LogP contribution in [0.1, 0.15) is 56.2 Å². The zero-order chi connectivity index (χ0) is 22.8. The topological polar surface area (TPSA) is 55.4 Å². The van der Waals surface area contributed by atoms with Gasteiger partial charge in [0.2, 0.25) is 0 Å². The summed E-state index contributed by atoms with van der Waals surface area (Å²) in [5.41, 5.74) is 4.60. The summed E-state index contributed by atoms with van der Waals surface area (Å²) in [5.74, 6) is 0.595. The molecule has 1 N–H and O–H groups in total. The number of nitrogens with one attached hydrogen (secondary N) is 1. The molecule has 4 nitrogen and oxygen atoms in total. The number of benzene rings is 3. The quantitative estimate of drug-likeness (QED) is 0.247. The zero-order valence-corrected chi connectivity index (χ0v) is 21.4. The SMILES string of the molecule is Cc1ccc(S(=O)(=O)Oc2c(C(C)C)cc(Nc3ccc(I)cc3)cc2C(C)C)cc1. The third-order valence-corrected chi connectivity index (χ3v) is 6.98. The molecular formula is C25H28INO3S. The van der Waals surface area contributed by atoms with Crippen molar-refractivity contribution in [3.63, 3.8) is 0 Å². The molecule has 0 heterocycles. The fourth-order valence-corrected chi connectivity index (χ4v) is 4.60. The molecule has 0 aliphatic rings. The van der Waals surface area contributed by atoms with Crippen LogP contribution in [-0.4, -0.2) is 8.42 Å². The third kappa shape index (κ3) is 5.80. The smallest absolute Gasteiger partial charge is 0.339 e. The Morgan fingerprint density at radius 1 is 0.806 bits per heavy atom. The van der Waals surface area contributed by atoms with Gasteiger partial charge in [-0.1, -0.05) is 45.4 Å². The highest BCUT2D eigenvalue weighted by atomic mass is 127. The van der Waals surface area contributed by atoms with Gasteiger partial charge >= 0.3 is 10.1 Å². The predicted octanol–water partition coefficient (Wildman–Crippen LogP) is 7.36. The van der Waals surface area contributed by atoms with Gasteiger partial charge in [0, 0.05) is 26.1 Å². The standard InChI is InChI=1S/C25H28INO3S/c1-16(2)23-14-21(27-20-10-8-19(26)9-11-20)15-24(17(3)4)25(23)30-31(28,29)22-12-6-18(5)7-13-22/h6-17,27H,1-5H3. The van der Waals surface area contributed by atoms with E-state index in [4.69, 9.17) is 4.18 Å². The zero-order valence-electron chi connectivity index (χ0n) is 18.4. The molecule has 0 bridgehead atoms. The number of halogens is 1. The summed E-state index contributed by atoms with van der Waals surface area (Å²) in [5, 5.41) is 3.44. The predicted molar refractivity (Wildman–Crippen MR) is 136 cm³/mol. The number of anilines is 2. The Bertz CT molecular complexity index is 1120. The van der Waals surface area contributed by atoms with Gasteiger partial charge < -0.3 is 9.50 Å². The monoisotopic (exact) mass is 549 g/mol. The second kappa shape index (κ2) is 9.61. The van der Waals surface area contributed by atoms with E-state index in [0.29, 0.717) is 5.75 Å². The molecule has 6 heteroatoms. The third-order valence-electron chi connectivity index (χ3n) is 5.03. The van der Waals surface area contributed by atoms with Crippen molar-refractivity contribution in [3.05, 3.63) is 80.9 Å². The van der Waals surface area contributed by atoms with E-state index in [1.165, 1.54) is 3.57 Å². The number of rotatable bonds is 7. The fourth-order valence-electron chi connectivity index (χ4n) is 3.26. The maximum absolute atomic E-state index is 13.0. The van der Waals surface area contributed by atoms with Crippen molar-refractivity contribution < 1.29 is 12.6 Å². The summed E-state index contributed by atoms with van der Waals surface area (Å²) in [6.07, 6.45) is 0. The Balaban J connectivity index is 2.06. The van der Waals surface area contributed by atoms with Gasteiger partial charge in [-0.15, -0.1) is 0 Å². The normalized spacial score (nSPS) is 11.7. The minimum Gasteiger partial charge on any atom is -0.378 e. The number of aryl methyl sites for hydroxylation is 1. The fraction of sp³-hybridized carbons (Fsp3) is 0.280. The van der Waals surface area contributed by atoms with Crippen molar-refractivity contribution >= 4 is 44.1 Å². The van der Waals surface area contributed by atoms with Crippen molar-refractivity contribution in [1.82, 2.24) is 0 Å². The van der Waals surface area contributed by atoms with Crippen LogP contribution < -0.4 is 9.50 Å². The van der Waals surface area contributed by atoms with Crippen molar-refractivity contribution in [1.29, 1.82) is 0 Å². The second-order valence-electron chi connectivity index (χ2n) is 8.28. The van der Waals surface area contributed by atoms with Gasteiger partial charge in [0.25, 0.3) is 0 Å². The molecule has 0 atom stereocenters. The summed E-state index contributed by atoms with van der Waals surface area (Å²) in [6.45, 7) is 10.1. The van der Waals surface area contributed by atoms with Gasteiger partial charge in [-0.3, -0.25) is 0 Å². The van der Waals surface area contributed by atoms with Crippen LogP contribution in [0.4, 0.5) is 11.4 Å². The first kappa shape index (κ1) is 23.6. The van der Waals surface area contributed by atoms with Crippen LogP contribution in [0.2, 0.25) is 0 Å². The van der Waals surface area contributed by atoms with E-state index in [0.717, 1.165) is 28.1 Å². The van der Waals surface area contributed by atoms with Crippen LogP contribution in [0.25, 0.3) is 0 Å². The average molecular weight is 549 g/mol. The van der Waals surface area contributed by atoms with E-state index >= 15 is 0 Å². The summed E-state index contributed by atoms with van der Waals surface area (Å²) < 4.78 is 33.0. The molecule has 0 unspecified atom stereocenters. The van der Waals surface area contributed by atoms with Gasteiger partial charge in [-0.25, -0.2) is 0 Å². The van der Waals surface area contributed by atoms with Gasteiger partial charge in [0.1, 0.15) is 10.6 Å². The van der Waals surface area contributed by atoms with Gasteiger partial charge in [-0.05, 0) is 89.9 Å². The highest BCUT2D eigenvalue weighted by Crippen LogP contribution is 2.39. The van der Waals surface area contributed by atoms with Crippen molar-refractivity contribution in [2.45, 2.75) is 51.3 Å². The number of hydrogen-bond acceptors (Lipinski definition) is 4. The molecular weight excluding hydrogens is 521 g/mol. The average Bonchev–Trinajstić information content (AvgIpc) is 2.70. The Morgan fingerprint density at radius 2 is 1.32 bits per heavy atom. The molecule has 0 fully saturated rings. The summed E-state index contributed by atoms with van der Waals surface area (Å²) >= 11 is 2.28. The molecule has 3 rings (SSSR count). The Hall–Kier alpha value is -2.06. The van der Waals surface area contributed by atoms with Gasteiger partial charge in [0.05, 0.1) is 0 Å². The highest BCUT2D eigenvalue weighted by Gasteiger charge is 2.24. The van der Waals surface area contributed by atoms with E-state index in [9.17, 15) is 8.42 Å². The summed E-state index contributed by atoms with van der Waals surface area (Å²) in [7, 11) is -3.94. The van der Waals surface area contributed by atoms with Crippen LogP contribution in [0.3, 0.4) is 0 Å². The van der Waals surface area contributed by atoms with Gasteiger partial charge in [-0.2, -0.15) is 8.42 Å². The lowest BCUT2D eigenvalue weighted by Gasteiger charge is -2.22. The largest absolute Gasteiger partial charge is 0.378 e. The number of hydrogen-bond donors (Lipinski definition) is 1. The molecule has 0 saturated carbocycles. The van der Waals surface area contributed by atoms with Crippen molar-refractivity contribution in [3.8, 4) is 5.75 Å². The molecule has 3 aromatic carbocycles. The van der Waals surface area contributed by atoms with Crippen LogP contribution >= 0.6 is 22.6 Å². The summed E-state index contributed by atoms with van der Waals surface area (Å²) in [6, 6.07) is 18.8. The molecule has 0 radical (unpaired) electrons. The first-order valence-corrected chi connectivity index (χ1v) is 12.8. The molecule has 0 amide bonds. The summed E-state index contributed by atoms with van der Waals surface area (Å²) in [4.78, 5) is 0.156. The van der Waals surface area contributed by atoms with E-state index in [1.54, 1.807) is 24.3 Å². The molecule has 31 heavy (non-hydrogen) atoms. The Labute approximate surface area is 199 Å². The lowest BCUT2D eigenvalue weighted by molar-refractivity contribution is 0.476. The molecule has 0 spiro atoms. The van der Waals surface area contributed by atoms with Crippen LogP contribution in [0, 0.1) is 10.5 Å². The minimum absolute atomic E-state index is 0.0826. The molecule has 164 valence electrons. The Kier molecular flexibility index (Phi) is 7.31. The maximum Gasteiger partial charge on any atom is 0.339 e. The highest BCUT2D eigenvalue weighted by molar-refractivity contribution is 14.1. The maximum atomic E-state index is 13.0. The molecule has 3 aromatic rings. The van der Waals surface area contributed by atoms with E-state index in [-0.39, 0.29) is 16.7 Å². The molecule has 0 aliphatic carbocycles. The van der Waals surface area contributed by atoms with Crippen LogP contribution in [0.5, 0.6) is 5.75 Å². The lowest BCUT2D eigenvalue weighted by Crippen LogP contribution is -2.14. The molecule has 0 aromatic heterocycles. The molecule has 0 saturated heterocycles. The Morgan fingerprint density at radius 3 is 1.81 bits per heavy atom. The van der Waals surface area contributed by atoms with Crippen molar-refractivity contribution in [2.75, 3.05) is 5.32 Å².